The molecule has 1 aromatic rings. The van der Waals surface area contributed by atoms with Crippen LogP contribution in [0.3, 0.4) is 0 Å². The number of nitrogens with zero attached hydrogens (tertiary/aromatic N) is 1. The van der Waals surface area contributed by atoms with Crippen LogP contribution in [0.15, 0.2) is 35.4 Å². The summed E-state index contributed by atoms with van der Waals surface area (Å²) in [5.74, 6) is -0.179. The zero-order valence-electron chi connectivity index (χ0n) is 10.3. The van der Waals surface area contributed by atoms with Crippen LogP contribution in [0.1, 0.15) is 26.7 Å². The number of hydrogen-bond donors (Lipinski definition) is 1. The number of hydrogen-bond acceptors (Lipinski definition) is 4. The van der Waals surface area contributed by atoms with Gasteiger partial charge in [0.2, 0.25) is 0 Å². The van der Waals surface area contributed by atoms with Gasteiger partial charge >= 0.3 is 5.97 Å². The molecule has 0 aromatic heterocycles. The zero-order chi connectivity index (χ0) is 12.5. The van der Waals surface area contributed by atoms with E-state index in [1.807, 2.05) is 37.3 Å². The third kappa shape index (κ3) is 5.70. The van der Waals surface area contributed by atoms with Crippen LogP contribution in [0.5, 0.6) is 0 Å². The highest BCUT2D eigenvalue weighted by molar-refractivity contribution is 5.86. The van der Waals surface area contributed by atoms with E-state index in [0.717, 1.165) is 11.4 Å². The molecule has 0 unspecified atom stereocenters. The first kappa shape index (κ1) is 13.2. The van der Waals surface area contributed by atoms with Gasteiger partial charge in [-0.2, -0.15) is 5.10 Å². The molecule has 0 aliphatic rings. The van der Waals surface area contributed by atoms with Crippen molar-refractivity contribution in [1.29, 1.82) is 0 Å². The van der Waals surface area contributed by atoms with Crippen molar-refractivity contribution >= 4 is 17.4 Å². The Morgan fingerprint density at radius 2 is 2.00 bits per heavy atom. The van der Waals surface area contributed by atoms with Crippen LogP contribution in [0, 0.1) is 0 Å². The Kier molecular flexibility index (Phi) is 5.79. The van der Waals surface area contributed by atoms with E-state index in [0.29, 0.717) is 19.4 Å². The normalized spacial score (nSPS) is 11.1. The van der Waals surface area contributed by atoms with E-state index in [1.165, 1.54) is 0 Å². The lowest BCUT2D eigenvalue weighted by Crippen LogP contribution is -2.07. The van der Waals surface area contributed by atoms with Crippen LogP contribution >= 0.6 is 0 Å². The van der Waals surface area contributed by atoms with Crippen LogP contribution in [0.2, 0.25) is 0 Å². The maximum atomic E-state index is 11.1. The number of nitrogens with one attached hydrogen (secondary N) is 1. The Bertz CT molecular complexity index is 374. The van der Waals surface area contributed by atoms with Gasteiger partial charge in [-0.25, -0.2) is 0 Å². The van der Waals surface area contributed by atoms with Gasteiger partial charge in [0.15, 0.2) is 0 Å². The van der Waals surface area contributed by atoms with Crippen molar-refractivity contribution in [3.63, 3.8) is 0 Å². The van der Waals surface area contributed by atoms with Crippen molar-refractivity contribution in [3.05, 3.63) is 30.3 Å². The van der Waals surface area contributed by atoms with Crippen molar-refractivity contribution in [2.24, 2.45) is 5.10 Å². The van der Waals surface area contributed by atoms with Crippen molar-refractivity contribution < 1.29 is 9.53 Å². The summed E-state index contributed by atoms with van der Waals surface area (Å²) in [6.07, 6.45) is 0.984. The monoisotopic (exact) mass is 234 g/mol. The van der Waals surface area contributed by atoms with Gasteiger partial charge in [-0.05, 0) is 32.4 Å². The minimum absolute atomic E-state index is 0.179. The molecule has 4 heteroatoms. The quantitative estimate of drug-likeness (QED) is 0.468. The lowest BCUT2D eigenvalue weighted by Gasteiger charge is -2.03. The number of carbonyl (C=O) groups is 1. The molecule has 0 heterocycles. The largest absolute Gasteiger partial charge is 0.466 e. The first-order chi connectivity index (χ1) is 8.22. The van der Waals surface area contributed by atoms with Crippen LogP contribution in [0.4, 0.5) is 5.69 Å². The molecule has 1 rings (SSSR count). The SMILES string of the molecule is CCOC(=O)CCC(C)=NNc1ccccc1. The Morgan fingerprint density at radius 3 is 2.65 bits per heavy atom. The van der Waals surface area contributed by atoms with Gasteiger partial charge in [0.05, 0.1) is 18.7 Å². The maximum Gasteiger partial charge on any atom is 0.306 e. The van der Waals surface area contributed by atoms with Crippen molar-refractivity contribution in [2.75, 3.05) is 12.0 Å². The molecule has 0 aliphatic heterocycles. The van der Waals surface area contributed by atoms with E-state index < -0.39 is 0 Å². The van der Waals surface area contributed by atoms with Gasteiger partial charge in [0.1, 0.15) is 0 Å². The van der Waals surface area contributed by atoms with E-state index >= 15 is 0 Å². The number of rotatable bonds is 6. The minimum Gasteiger partial charge on any atom is -0.466 e. The van der Waals surface area contributed by atoms with Crippen LogP contribution < -0.4 is 5.43 Å². The highest BCUT2D eigenvalue weighted by Gasteiger charge is 2.02. The molecule has 0 aliphatic carbocycles. The molecular weight excluding hydrogens is 216 g/mol. The fourth-order valence-electron chi connectivity index (χ4n) is 1.24. The number of para-hydroxylation sites is 1. The summed E-state index contributed by atoms with van der Waals surface area (Å²) in [6, 6.07) is 9.68. The Hall–Kier alpha value is -1.84. The number of carbonyl (C=O) groups excluding carboxylic acids is 1. The maximum absolute atomic E-state index is 11.1. The molecule has 0 fully saturated rings. The summed E-state index contributed by atoms with van der Waals surface area (Å²) in [4.78, 5) is 11.1. The summed E-state index contributed by atoms with van der Waals surface area (Å²) in [7, 11) is 0. The van der Waals surface area contributed by atoms with E-state index in [2.05, 4.69) is 10.5 Å². The number of benzene rings is 1. The number of ether oxygens (including phenoxy) is 1. The fourth-order valence-corrected chi connectivity index (χ4v) is 1.24. The van der Waals surface area contributed by atoms with Crippen molar-refractivity contribution in [2.45, 2.75) is 26.7 Å². The summed E-state index contributed by atoms with van der Waals surface area (Å²) in [5, 5.41) is 4.19. The number of anilines is 1. The third-order valence-corrected chi connectivity index (χ3v) is 2.15. The van der Waals surface area contributed by atoms with E-state index in [1.54, 1.807) is 6.92 Å². The second-order valence-electron chi connectivity index (χ2n) is 3.63. The molecule has 4 nitrogen and oxygen atoms in total. The van der Waals surface area contributed by atoms with Gasteiger partial charge < -0.3 is 4.74 Å². The van der Waals surface area contributed by atoms with Crippen molar-refractivity contribution in [1.82, 2.24) is 0 Å². The molecule has 0 spiro atoms. The first-order valence-electron chi connectivity index (χ1n) is 5.72. The average Bonchev–Trinajstić information content (AvgIpc) is 2.35. The lowest BCUT2D eigenvalue weighted by atomic mass is 10.2. The molecule has 1 N–H and O–H groups in total. The second-order valence-corrected chi connectivity index (χ2v) is 3.63. The van der Waals surface area contributed by atoms with E-state index in [4.69, 9.17) is 4.74 Å². The minimum atomic E-state index is -0.179. The molecular formula is C13H18N2O2. The van der Waals surface area contributed by atoms with Gasteiger partial charge in [-0.1, -0.05) is 18.2 Å². The second kappa shape index (κ2) is 7.44. The molecule has 0 saturated heterocycles. The van der Waals surface area contributed by atoms with Crippen LogP contribution in [0.25, 0.3) is 0 Å². The molecule has 92 valence electrons. The van der Waals surface area contributed by atoms with E-state index in [-0.39, 0.29) is 5.97 Å². The Morgan fingerprint density at radius 1 is 1.29 bits per heavy atom. The molecule has 0 atom stereocenters. The molecule has 0 bridgehead atoms. The third-order valence-electron chi connectivity index (χ3n) is 2.15. The topological polar surface area (TPSA) is 50.7 Å². The lowest BCUT2D eigenvalue weighted by molar-refractivity contribution is -0.142. The van der Waals surface area contributed by atoms with Crippen LogP contribution in [-0.2, 0) is 9.53 Å². The standard InChI is InChI=1S/C13H18N2O2/c1-3-17-13(16)10-9-11(2)14-15-12-7-5-4-6-8-12/h4-8,15H,3,9-10H2,1-2H3. The van der Waals surface area contributed by atoms with Crippen LogP contribution in [-0.4, -0.2) is 18.3 Å². The summed E-state index contributed by atoms with van der Waals surface area (Å²) < 4.78 is 4.84. The van der Waals surface area contributed by atoms with Crippen molar-refractivity contribution in [3.8, 4) is 0 Å². The molecule has 0 radical (unpaired) electrons. The highest BCUT2D eigenvalue weighted by atomic mass is 16.5. The average molecular weight is 234 g/mol. The summed E-state index contributed by atoms with van der Waals surface area (Å²) in [5.41, 5.74) is 4.75. The number of hydrazone groups is 1. The number of esters is 1. The van der Waals surface area contributed by atoms with Gasteiger partial charge in [-0.3, -0.25) is 10.2 Å². The molecule has 1 aromatic carbocycles. The smallest absolute Gasteiger partial charge is 0.306 e. The zero-order valence-corrected chi connectivity index (χ0v) is 10.3. The van der Waals surface area contributed by atoms with Gasteiger partial charge in [-0.15, -0.1) is 0 Å². The molecule has 17 heavy (non-hydrogen) atoms. The molecule has 0 amide bonds. The Balaban J connectivity index is 2.32. The molecule has 0 saturated carbocycles. The Labute approximate surface area is 102 Å². The summed E-state index contributed by atoms with van der Waals surface area (Å²) >= 11 is 0. The first-order valence-corrected chi connectivity index (χ1v) is 5.72. The predicted molar refractivity (Wildman–Crippen MR) is 69.0 cm³/mol. The fraction of sp³-hybridized carbons (Fsp3) is 0.385. The van der Waals surface area contributed by atoms with Gasteiger partial charge in [0.25, 0.3) is 0 Å². The highest BCUT2D eigenvalue weighted by Crippen LogP contribution is 2.05. The van der Waals surface area contributed by atoms with Gasteiger partial charge in [0, 0.05) is 5.71 Å². The summed E-state index contributed by atoms with van der Waals surface area (Å²) in [6.45, 7) is 4.11. The predicted octanol–water partition coefficient (Wildman–Crippen LogP) is 2.82. The van der Waals surface area contributed by atoms with E-state index in [9.17, 15) is 4.79 Å².